The Hall–Kier alpha value is -1.51. The largest absolute Gasteiger partial charge is 0.497 e. The molecule has 0 aliphatic rings. The number of carbonyl (C=O) groups is 1. The van der Waals surface area contributed by atoms with Gasteiger partial charge >= 0.3 is 5.97 Å². The Kier molecular flexibility index (Phi) is 4.16. The van der Waals surface area contributed by atoms with E-state index in [9.17, 15) is 9.90 Å². The second-order valence-electron chi connectivity index (χ2n) is 5.43. The van der Waals surface area contributed by atoms with Gasteiger partial charge in [-0.2, -0.15) is 0 Å². The van der Waals surface area contributed by atoms with Gasteiger partial charge in [0, 0.05) is 0 Å². The molecule has 0 aliphatic heterocycles. The van der Waals surface area contributed by atoms with E-state index in [4.69, 9.17) is 4.74 Å². The van der Waals surface area contributed by atoms with Crippen LogP contribution in [0.25, 0.3) is 0 Å². The fourth-order valence-corrected chi connectivity index (χ4v) is 1.80. The maximum absolute atomic E-state index is 11.3. The number of carboxylic acids is 1. The normalized spacial score (nSPS) is 13.2. The first-order chi connectivity index (χ1) is 7.83. The molecule has 0 saturated carbocycles. The molecule has 0 fully saturated rings. The molecule has 0 aliphatic carbocycles. The van der Waals surface area contributed by atoms with Crippen molar-refractivity contribution in [2.75, 3.05) is 7.11 Å². The van der Waals surface area contributed by atoms with Gasteiger partial charge in [0.15, 0.2) is 0 Å². The molecule has 3 heteroatoms. The van der Waals surface area contributed by atoms with E-state index in [1.165, 1.54) is 0 Å². The molecule has 0 radical (unpaired) electrons. The molecule has 1 aromatic carbocycles. The van der Waals surface area contributed by atoms with Gasteiger partial charge in [-0.25, -0.2) is 0 Å². The third-order valence-electron chi connectivity index (χ3n) is 2.63. The summed E-state index contributed by atoms with van der Waals surface area (Å²) in [6.45, 7) is 6.14. The predicted molar refractivity (Wildman–Crippen MR) is 67.4 cm³/mol. The molecule has 94 valence electrons. The zero-order valence-corrected chi connectivity index (χ0v) is 10.9. The lowest BCUT2D eigenvalue weighted by Gasteiger charge is -2.23. The zero-order valence-electron chi connectivity index (χ0n) is 10.9. The fourth-order valence-electron chi connectivity index (χ4n) is 1.80. The van der Waals surface area contributed by atoms with Crippen molar-refractivity contribution in [3.05, 3.63) is 29.8 Å². The summed E-state index contributed by atoms with van der Waals surface area (Å²) < 4.78 is 5.06. The molecule has 1 rings (SSSR count). The second kappa shape index (κ2) is 5.21. The summed E-state index contributed by atoms with van der Waals surface area (Å²) in [5.41, 5.74) is 0.816. The number of aliphatic carboxylic acids is 1. The molecule has 1 atom stereocenters. The first-order valence-corrected chi connectivity index (χ1v) is 5.70. The first kappa shape index (κ1) is 13.6. The maximum atomic E-state index is 11.3. The van der Waals surface area contributed by atoms with E-state index in [2.05, 4.69) is 0 Å². The van der Waals surface area contributed by atoms with Crippen LogP contribution in [0.2, 0.25) is 0 Å². The van der Waals surface area contributed by atoms with Crippen molar-refractivity contribution in [1.29, 1.82) is 0 Å². The average molecular weight is 236 g/mol. The van der Waals surface area contributed by atoms with E-state index < -0.39 is 11.9 Å². The summed E-state index contributed by atoms with van der Waals surface area (Å²) >= 11 is 0. The van der Waals surface area contributed by atoms with Crippen molar-refractivity contribution in [2.45, 2.75) is 33.1 Å². The van der Waals surface area contributed by atoms with E-state index in [1.54, 1.807) is 19.2 Å². The van der Waals surface area contributed by atoms with Crippen molar-refractivity contribution < 1.29 is 14.6 Å². The van der Waals surface area contributed by atoms with Gasteiger partial charge in [-0.15, -0.1) is 0 Å². The monoisotopic (exact) mass is 236 g/mol. The van der Waals surface area contributed by atoms with Crippen LogP contribution in [0, 0.1) is 5.41 Å². The second-order valence-corrected chi connectivity index (χ2v) is 5.43. The van der Waals surface area contributed by atoms with Gasteiger partial charge in [-0.1, -0.05) is 32.9 Å². The van der Waals surface area contributed by atoms with E-state index in [1.807, 2.05) is 32.9 Å². The summed E-state index contributed by atoms with van der Waals surface area (Å²) in [7, 11) is 1.60. The van der Waals surface area contributed by atoms with E-state index in [0.29, 0.717) is 6.42 Å². The van der Waals surface area contributed by atoms with Crippen LogP contribution in [0.3, 0.4) is 0 Å². The van der Waals surface area contributed by atoms with Crippen LogP contribution in [0.15, 0.2) is 24.3 Å². The van der Waals surface area contributed by atoms with E-state index in [-0.39, 0.29) is 5.41 Å². The number of ether oxygens (including phenoxy) is 1. The van der Waals surface area contributed by atoms with Gasteiger partial charge in [0.05, 0.1) is 13.0 Å². The van der Waals surface area contributed by atoms with E-state index >= 15 is 0 Å². The quantitative estimate of drug-likeness (QED) is 0.872. The molecule has 1 unspecified atom stereocenters. The van der Waals surface area contributed by atoms with Gasteiger partial charge in [0.2, 0.25) is 0 Å². The van der Waals surface area contributed by atoms with Crippen LogP contribution >= 0.6 is 0 Å². The first-order valence-electron chi connectivity index (χ1n) is 5.70. The minimum absolute atomic E-state index is 0.0109. The van der Waals surface area contributed by atoms with Crippen LogP contribution in [-0.2, 0) is 4.79 Å². The molecule has 1 N–H and O–H groups in total. The smallest absolute Gasteiger partial charge is 0.310 e. The Labute approximate surface area is 102 Å². The van der Waals surface area contributed by atoms with Gasteiger partial charge in [-0.05, 0) is 29.5 Å². The third kappa shape index (κ3) is 4.10. The highest BCUT2D eigenvalue weighted by atomic mass is 16.5. The van der Waals surface area contributed by atoms with Crippen molar-refractivity contribution in [2.24, 2.45) is 5.41 Å². The molecular formula is C14H20O3. The Morgan fingerprint density at radius 2 is 1.82 bits per heavy atom. The minimum Gasteiger partial charge on any atom is -0.497 e. The Morgan fingerprint density at radius 1 is 1.29 bits per heavy atom. The standard InChI is InChI=1S/C14H20O3/c1-14(2,3)9-12(13(15)16)10-5-7-11(17-4)8-6-10/h5-8,12H,9H2,1-4H3,(H,15,16). The number of carboxylic acid groups (broad SMARTS) is 1. The van der Waals surface area contributed by atoms with Crippen molar-refractivity contribution in [3.63, 3.8) is 0 Å². The minimum atomic E-state index is -0.773. The lowest BCUT2D eigenvalue weighted by atomic mass is 9.81. The molecule has 0 amide bonds. The lowest BCUT2D eigenvalue weighted by Crippen LogP contribution is -2.19. The van der Waals surface area contributed by atoms with Crippen LogP contribution in [-0.4, -0.2) is 18.2 Å². The molecule has 0 spiro atoms. The number of hydrogen-bond donors (Lipinski definition) is 1. The topological polar surface area (TPSA) is 46.5 Å². The molecule has 3 nitrogen and oxygen atoms in total. The highest BCUT2D eigenvalue weighted by molar-refractivity contribution is 5.76. The summed E-state index contributed by atoms with van der Waals surface area (Å²) in [6.07, 6.45) is 0.620. The lowest BCUT2D eigenvalue weighted by molar-refractivity contribution is -0.139. The molecule has 0 heterocycles. The Morgan fingerprint density at radius 3 is 2.18 bits per heavy atom. The van der Waals surface area contributed by atoms with Gasteiger partial charge in [-0.3, -0.25) is 4.79 Å². The molecule has 17 heavy (non-hydrogen) atoms. The maximum Gasteiger partial charge on any atom is 0.310 e. The molecular weight excluding hydrogens is 216 g/mol. The van der Waals surface area contributed by atoms with Crippen LogP contribution in [0.4, 0.5) is 0 Å². The highest BCUT2D eigenvalue weighted by Gasteiger charge is 2.25. The average Bonchev–Trinajstić information content (AvgIpc) is 2.25. The summed E-state index contributed by atoms with van der Waals surface area (Å²) in [5.74, 6) is -0.486. The van der Waals surface area contributed by atoms with Gasteiger partial charge in [0.25, 0.3) is 0 Å². The zero-order chi connectivity index (χ0) is 13.1. The van der Waals surface area contributed by atoms with Crippen LogP contribution < -0.4 is 4.74 Å². The molecule has 1 aromatic rings. The fraction of sp³-hybridized carbons (Fsp3) is 0.500. The summed E-state index contributed by atoms with van der Waals surface area (Å²) in [4.78, 5) is 11.3. The van der Waals surface area contributed by atoms with E-state index in [0.717, 1.165) is 11.3 Å². The Bertz CT molecular complexity index is 373. The summed E-state index contributed by atoms with van der Waals surface area (Å²) in [5, 5.41) is 9.29. The SMILES string of the molecule is COc1ccc(C(CC(C)(C)C)C(=O)O)cc1. The number of methoxy groups -OCH3 is 1. The number of hydrogen-bond acceptors (Lipinski definition) is 2. The molecule has 0 saturated heterocycles. The summed E-state index contributed by atoms with van der Waals surface area (Å²) in [6, 6.07) is 7.24. The van der Waals surface area contributed by atoms with Crippen molar-refractivity contribution >= 4 is 5.97 Å². The Balaban J connectivity index is 2.94. The van der Waals surface area contributed by atoms with Gasteiger partial charge < -0.3 is 9.84 Å². The van der Waals surface area contributed by atoms with Crippen molar-refractivity contribution in [1.82, 2.24) is 0 Å². The third-order valence-corrected chi connectivity index (χ3v) is 2.63. The highest BCUT2D eigenvalue weighted by Crippen LogP contribution is 2.32. The number of benzene rings is 1. The van der Waals surface area contributed by atoms with Gasteiger partial charge in [0.1, 0.15) is 5.75 Å². The van der Waals surface area contributed by atoms with Crippen molar-refractivity contribution in [3.8, 4) is 5.75 Å². The van der Waals surface area contributed by atoms with Crippen LogP contribution in [0.5, 0.6) is 5.75 Å². The van der Waals surface area contributed by atoms with Crippen LogP contribution in [0.1, 0.15) is 38.7 Å². The molecule has 0 aromatic heterocycles. The molecule has 0 bridgehead atoms. The predicted octanol–water partition coefficient (Wildman–Crippen LogP) is 3.30. The number of rotatable bonds is 4.